The van der Waals surface area contributed by atoms with Crippen LogP contribution in [-0.2, 0) is 6.54 Å². The maximum atomic E-state index is 13.6. The van der Waals surface area contributed by atoms with Gasteiger partial charge in [-0.15, -0.1) is 0 Å². The zero-order chi connectivity index (χ0) is 25.8. The zero-order valence-corrected chi connectivity index (χ0v) is 21.0. The first-order valence-electron chi connectivity index (χ1n) is 12.3. The van der Waals surface area contributed by atoms with Gasteiger partial charge in [0.05, 0.1) is 17.2 Å². The number of hydrogen-bond acceptors (Lipinski definition) is 4. The smallest absolute Gasteiger partial charge is 0.259 e. The maximum Gasteiger partial charge on any atom is 0.259 e. The van der Waals surface area contributed by atoms with Crippen molar-refractivity contribution in [3.8, 4) is 0 Å². The van der Waals surface area contributed by atoms with Gasteiger partial charge in [-0.05, 0) is 59.9 Å². The molecule has 3 aromatic rings. The van der Waals surface area contributed by atoms with Gasteiger partial charge in [0.15, 0.2) is 0 Å². The summed E-state index contributed by atoms with van der Waals surface area (Å²) in [6, 6.07) is 19.9. The molecular formula is C30H28ClN3O3. The monoisotopic (exact) mass is 513 g/mol. The third kappa shape index (κ3) is 5.37. The van der Waals surface area contributed by atoms with Crippen LogP contribution in [0.4, 0.5) is 11.4 Å². The second-order valence-corrected chi connectivity index (χ2v) is 9.57. The molecule has 0 fully saturated rings. The Balaban J connectivity index is 1.38. The van der Waals surface area contributed by atoms with E-state index >= 15 is 0 Å². The number of nitrogens with zero attached hydrogens (tertiary/aromatic N) is 1. The summed E-state index contributed by atoms with van der Waals surface area (Å²) in [7, 11) is 0. The van der Waals surface area contributed by atoms with E-state index < -0.39 is 0 Å². The third-order valence-electron chi connectivity index (χ3n) is 6.72. The molecule has 3 N–H and O–H groups in total. The lowest BCUT2D eigenvalue weighted by molar-refractivity contribution is 0.0981. The molecule has 188 valence electrons. The van der Waals surface area contributed by atoms with Crippen LogP contribution < -0.4 is 15.5 Å². The van der Waals surface area contributed by atoms with Gasteiger partial charge in [0.25, 0.3) is 11.8 Å². The third-order valence-corrected chi connectivity index (χ3v) is 7.03. The molecule has 1 heterocycles. The number of halogens is 1. The molecule has 0 radical (unpaired) electrons. The van der Waals surface area contributed by atoms with E-state index in [-0.39, 0.29) is 29.5 Å². The van der Waals surface area contributed by atoms with E-state index in [0.717, 1.165) is 35.2 Å². The van der Waals surface area contributed by atoms with Crippen molar-refractivity contribution < 1.29 is 14.7 Å². The Hall–Kier alpha value is -3.71. The molecule has 2 amide bonds. The maximum absolute atomic E-state index is 13.6. The summed E-state index contributed by atoms with van der Waals surface area (Å²) in [5, 5.41) is 16.2. The standard InChI is InChI=1S/C30H28ClN3O3/c31-27-16-22(33-29(36)25-12-6-5-11-24(25)20-8-2-1-3-9-20)14-15-26(27)30(37)34-18-23(19-35)32-17-21-10-4-7-13-28(21)34/h1-2,4-8,10-16,23,32,35H,3,9,17-19H2,(H,33,36). The molecule has 0 saturated carbocycles. The summed E-state index contributed by atoms with van der Waals surface area (Å²) >= 11 is 6.58. The van der Waals surface area contributed by atoms with Crippen LogP contribution in [0.1, 0.15) is 44.7 Å². The molecule has 0 bridgehead atoms. The van der Waals surface area contributed by atoms with Crippen molar-refractivity contribution in [3.63, 3.8) is 0 Å². The SMILES string of the molecule is O=C(Nc1ccc(C(=O)N2CC(CO)NCc3ccccc32)c(Cl)c1)c1ccccc1C1=CC=CCC1. The van der Waals surface area contributed by atoms with Gasteiger partial charge in [-0.3, -0.25) is 9.59 Å². The van der Waals surface area contributed by atoms with Crippen molar-refractivity contribution in [2.45, 2.75) is 25.4 Å². The number of amides is 2. The Morgan fingerprint density at radius 3 is 2.65 bits per heavy atom. The van der Waals surface area contributed by atoms with Crippen molar-refractivity contribution >= 4 is 40.4 Å². The summed E-state index contributed by atoms with van der Waals surface area (Å²) in [6.07, 6.45) is 8.01. The highest BCUT2D eigenvalue weighted by molar-refractivity contribution is 6.35. The van der Waals surface area contributed by atoms with Crippen LogP contribution in [-0.4, -0.2) is 36.1 Å². The summed E-state index contributed by atoms with van der Waals surface area (Å²) < 4.78 is 0. The van der Waals surface area contributed by atoms with Crippen molar-refractivity contribution in [3.05, 3.63) is 112 Å². The van der Waals surface area contributed by atoms with Gasteiger partial charge >= 0.3 is 0 Å². The lowest BCUT2D eigenvalue weighted by Crippen LogP contribution is -2.43. The minimum Gasteiger partial charge on any atom is -0.395 e. The number of rotatable bonds is 5. The zero-order valence-electron chi connectivity index (χ0n) is 20.3. The van der Waals surface area contributed by atoms with Gasteiger partial charge in [-0.25, -0.2) is 0 Å². The van der Waals surface area contributed by atoms with E-state index in [2.05, 4.69) is 16.7 Å². The number of fused-ring (bicyclic) bond motifs is 1. The highest BCUT2D eigenvalue weighted by Crippen LogP contribution is 2.30. The Morgan fingerprint density at radius 2 is 1.86 bits per heavy atom. The minimum atomic E-state index is -0.264. The highest BCUT2D eigenvalue weighted by atomic mass is 35.5. The van der Waals surface area contributed by atoms with Crippen molar-refractivity contribution in [2.24, 2.45) is 0 Å². The lowest BCUT2D eigenvalue weighted by Gasteiger charge is -2.25. The van der Waals surface area contributed by atoms with Gasteiger partial charge < -0.3 is 20.6 Å². The fourth-order valence-corrected chi connectivity index (χ4v) is 5.04. The van der Waals surface area contributed by atoms with E-state index in [1.165, 1.54) is 0 Å². The molecule has 2 aliphatic rings. The van der Waals surface area contributed by atoms with Crippen molar-refractivity contribution in [2.75, 3.05) is 23.4 Å². The number of aliphatic hydroxyl groups excluding tert-OH is 1. The van der Waals surface area contributed by atoms with Crippen molar-refractivity contribution in [1.82, 2.24) is 5.32 Å². The summed E-state index contributed by atoms with van der Waals surface area (Å²) in [5.74, 6) is -0.500. The molecule has 0 spiro atoms. The topological polar surface area (TPSA) is 81.7 Å². The number of carbonyl (C=O) groups is 2. The first kappa shape index (κ1) is 25.0. The van der Waals surface area contributed by atoms with E-state index in [1.807, 2.05) is 60.7 Å². The second-order valence-electron chi connectivity index (χ2n) is 9.16. The summed E-state index contributed by atoms with van der Waals surface area (Å²) in [5.41, 5.74) is 5.21. The van der Waals surface area contributed by atoms with Gasteiger partial charge in [-0.1, -0.05) is 66.2 Å². The number of para-hydroxylation sites is 1. The van der Waals surface area contributed by atoms with Gasteiger partial charge in [0, 0.05) is 36.1 Å². The predicted molar refractivity (Wildman–Crippen MR) is 148 cm³/mol. The number of carbonyl (C=O) groups excluding carboxylic acids is 2. The lowest BCUT2D eigenvalue weighted by atomic mass is 9.93. The molecule has 37 heavy (non-hydrogen) atoms. The molecule has 7 heteroatoms. The molecule has 0 aromatic heterocycles. The second kappa shape index (κ2) is 11.1. The Morgan fingerprint density at radius 1 is 1.05 bits per heavy atom. The molecule has 1 aliphatic heterocycles. The number of benzene rings is 3. The largest absolute Gasteiger partial charge is 0.395 e. The van der Waals surface area contributed by atoms with Crippen molar-refractivity contribution in [1.29, 1.82) is 0 Å². The van der Waals surface area contributed by atoms with Crippen LogP contribution in [0.5, 0.6) is 0 Å². The van der Waals surface area contributed by atoms with Gasteiger partial charge in [0.2, 0.25) is 0 Å². The number of aliphatic hydroxyl groups is 1. The van der Waals surface area contributed by atoms with Crippen LogP contribution in [0.3, 0.4) is 0 Å². The number of nitrogens with one attached hydrogen (secondary N) is 2. The van der Waals surface area contributed by atoms with Crippen LogP contribution in [0.15, 0.2) is 85.0 Å². The molecule has 1 aliphatic carbocycles. The van der Waals surface area contributed by atoms with E-state index in [4.69, 9.17) is 11.6 Å². The predicted octanol–water partition coefficient (Wildman–Crippen LogP) is 5.44. The normalized spacial score (nSPS) is 17.0. The first-order valence-corrected chi connectivity index (χ1v) is 12.7. The Kier molecular flexibility index (Phi) is 7.51. The number of anilines is 2. The summed E-state index contributed by atoms with van der Waals surface area (Å²) in [4.78, 5) is 28.5. The molecule has 6 nitrogen and oxygen atoms in total. The molecule has 3 aromatic carbocycles. The fraction of sp³-hybridized carbons (Fsp3) is 0.200. The Labute approximate surface area is 221 Å². The number of allylic oxidation sites excluding steroid dienone is 4. The summed E-state index contributed by atoms with van der Waals surface area (Å²) in [6.45, 7) is 0.771. The quantitative estimate of drug-likeness (QED) is 0.424. The van der Waals surface area contributed by atoms with Crippen LogP contribution in [0.2, 0.25) is 5.02 Å². The molecule has 5 rings (SSSR count). The number of hydrogen-bond donors (Lipinski definition) is 3. The molecule has 0 saturated heterocycles. The Bertz CT molecular complexity index is 1400. The molecular weight excluding hydrogens is 486 g/mol. The van der Waals surface area contributed by atoms with Crippen LogP contribution >= 0.6 is 11.6 Å². The van der Waals surface area contributed by atoms with Gasteiger partial charge in [0.1, 0.15) is 0 Å². The van der Waals surface area contributed by atoms with Crippen LogP contribution in [0, 0.1) is 0 Å². The van der Waals surface area contributed by atoms with E-state index in [9.17, 15) is 14.7 Å². The van der Waals surface area contributed by atoms with Crippen LogP contribution in [0.25, 0.3) is 5.57 Å². The molecule has 1 atom stereocenters. The molecule has 1 unspecified atom stereocenters. The van der Waals surface area contributed by atoms with E-state index in [0.29, 0.717) is 29.9 Å². The highest BCUT2D eigenvalue weighted by Gasteiger charge is 2.27. The average Bonchev–Trinajstić information content (AvgIpc) is 3.13. The fourth-order valence-electron chi connectivity index (χ4n) is 4.77. The average molecular weight is 514 g/mol. The van der Waals surface area contributed by atoms with Gasteiger partial charge in [-0.2, -0.15) is 0 Å². The first-order chi connectivity index (χ1) is 18.0. The van der Waals surface area contributed by atoms with E-state index in [1.54, 1.807) is 23.1 Å². The minimum absolute atomic E-state index is 0.0921.